The first-order chi connectivity index (χ1) is 9.47. The third-order valence-corrected chi connectivity index (χ3v) is 3.57. The molecule has 0 aliphatic heterocycles. The number of nitrogens with zero attached hydrogens (tertiary/aromatic N) is 1. The van der Waals surface area contributed by atoms with Crippen molar-refractivity contribution in [3.05, 3.63) is 62.8 Å². The molecule has 1 N–H and O–H groups in total. The van der Waals surface area contributed by atoms with Crippen LogP contribution >= 0.6 is 27.5 Å². The van der Waals surface area contributed by atoms with E-state index in [1.54, 1.807) is 0 Å². The van der Waals surface area contributed by atoms with Gasteiger partial charge in [-0.1, -0.05) is 27.5 Å². The van der Waals surface area contributed by atoms with Crippen LogP contribution in [0.15, 0.2) is 34.9 Å². The third-order valence-electron chi connectivity index (χ3n) is 2.50. The second kappa shape index (κ2) is 6.28. The van der Waals surface area contributed by atoms with Gasteiger partial charge in [0.25, 0.3) is 5.91 Å². The SMILES string of the molecule is O=C(NCc1cc(F)ccc1Br)c1cc(F)cnc1Cl. The number of amides is 1. The molecular weight excluding hydrogens is 354 g/mol. The van der Waals surface area contributed by atoms with E-state index in [1.807, 2.05) is 0 Å². The normalized spacial score (nSPS) is 10.4. The van der Waals surface area contributed by atoms with Crippen LogP contribution in [0.1, 0.15) is 15.9 Å². The van der Waals surface area contributed by atoms with Gasteiger partial charge in [0.15, 0.2) is 0 Å². The van der Waals surface area contributed by atoms with Crippen LogP contribution in [0.4, 0.5) is 8.78 Å². The number of pyridine rings is 1. The molecule has 7 heteroatoms. The predicted octanol–water partition coefficient (Wildman–Crippen LogP) is 3.71. The van der Waals surface area contributed by atoms with Crippen LogP contribution in [-0.4, -0.2) is 10.9 Å². The number of halogens is 4. The van der Waals surface area contributed by atoms with Crippen LogP contribution in [0, 0.1) is 11.6 Å². The Balaban J connectivity index is 2.12. The number of rotatable bonds is 3. The number of carbonyl (C=O) groups excluding carboxylic acids is 1. The van der Waals surface area contributed by atoms with Gasteiger partial charge in [-0.3, -0.25) is 4.79 Å². The largest absolute Gasteiger partial charge is 0.348 e. The Morgan fingerprint density at radius 2 is 2.05 bits per heavy atom. The summed E-state index contributed by atoms with van der Waals surface area (Å²) in [5.74, 6) is -1.66. The van der Waals surface area contributed by atoms with Crippen LogP contribution < -0.4 is 5.32 Å². The first-order valence-corrected chi connectivity index (χ1v) is 6.67. The van der Waals surface area contributed by atoms with Gasteiger partial charge in [-0.15, -0.1) is 0 Å². The lowest BCUT2D eigenvalue weighted by Crippen LogP contribution is -2.23. The Hall–Kier alpha value is -1.53. The Bertz CT molecular complexity index is 667. The summed E-state index contributed by atoms with van der Waals surface area (Å²) in [6.45, 7) is 0.0734. The van der Waals surface area contributed by atoms with E-state index in [0.717, 1.165) is 12.3 Å². The highest BCUT2D eigenvalue weighted by Crippen LogP contribution is 2.18. The highest BCUT2D eigenvalue weighted by Gasteiger charge is 2.13. The van der Waals surface area contributed by atoms with Crippen LogP contribution in [0.3, 0.4) is 0 Å². The third kappa shape index (κ3) is 3.52. The molecule has 1 heterocycles. The number of hydrogen-bond donors (Lipinski definition) is 1. The zero-order valence-corrected chi connectivity index (χ0v) is 12.3. The van der Waals surface area contributed by atoms with Crippen molar-refractivity contribution < 1.29 is 13.6 Å². The van der Waals surface area contributed by atoms with E-state index < -0.39 is 17.5 Å². The van der Waals surface area contributed by atoms with Gasteiger partial charge in [0.2, 0.25) is 0 Å². The molecule has 0 aliphatic rings. The molecule has 3 nitrogen and oxygen atoms in total. The maximum atomic E-state index is 13.1. The van der Waals surface area contributed by atoms with E-state index in [4.69, 9.17) is 11.6 Å². The number of nitrogens with one attached hydrogen (secondary N) is 1. The van der Waals surface area contributed by atoms with Gasteiger partial charge < -0.3 is 5.32 Å². The summed E-state index contributed by atoms with van der Waals surface area (Å²) < 4.78 is 26.8. The van der Waals surface area contributed by atoms with Crippen molar-refractivity contribution in [2.24, 2.45) is 0 Å². The second-order valence-electron chi connectivity index (χ2n) is 3.91. The van der Waals surface area contributed by atoms with E-state index >= 15 is 0 Å². The van der Waals surface area contributed by atoms with E-state index in [-0.39, 0.29) is 17.3 Å². The van der Waals surface area contributed by atoms with E-state index in [1.165, 1.54) is 18.2 Å². The smallest absolute Gasteiger partial charge is 0.254 e. The monoisotopic (exact) mass is 360 g/mol. The van der Waals surface area contributed by atoms with Crippen molar-refractivity contribution in [1.29, 1.82) is 0 Å². The minimum absolute atomic E-state index is 0.0702. The van der Waals surface area contributed by atoms with Crippen LogP contribution in [-0.2, 0) is 6.54 Å². The molecular formula is C13H8BrClF2N2O. The Morgan fingerprint density at radius 3 is 2.80 bits per heavy atom. The average molecular weight is 362 g/mol. The van der Waals surface area contributed by atoms with Crippen molar-refractivity contribution in [1.82, 2.24) is 10.3 Å². The topological polar surface area (TPSA) is 42.0 Å². The number of benzene rings is 1. The lowest BCUT2D eigenvalue weighted by molar-refractivity contribution is 0.0950. The van der Waals surface area contributed by atoms with Gasteiger partial charge in [-0.05, 0) is 29.8 Å². The standard InChI is InChI=1S/C13H8BrClF2N2O/c14-11-2-1-8(16)3-7(11)5-19-13(20)10-4-9(17)6-18-12(10)15/h1-4,6H,5H2,(H,19,20). The van der Waals surface area contributed by atoms with Crippen LogP contribution in [0.5, 0.6) is 0 Å². The zero-order chi connectivity index (χ0) is 14.7. The zero-order valence-electron chi connectivity index (χ0n) is 9.96. The molecule has 0 fully saturated rings. The van der Waals surface area contributed by atoms with Crippen LogP contribution in [0.25, 0.3) is 0 Å². The molecule has 0 atom stereocenters. The van der Waals surface area contributed by atoms with E-state index in [0.29, 0.717) is 10.0 Å². The summed E-state index contributed by atoms with van der Waals surface area (Å²) in [5.41, 5.74) is 0.484. The van der Waals surface area contributed by atoms with Gasteiger partial charge in [0.05, 0.1) is 11.8 Å². The summed E-state index contributed by atoms with van der Waals surface area (Å²) in [7, 11) is 0. The Morgan fingerprint density at radius 1 is 1.30 bits per heavy atom. The highest BCUT2D eigenvalue weighted by atomic mass is 79.9. The average Bonchev–Trinajstić information content (AvgIpc) is 2.42. The molecule has 0 unspecified atom stereocenters. The highest BCUT2D eigenvalue weighted by molar-refractivity contribution is 9.10. The van der Waals surface area contributed by atoms with E-state index in [9.17, 15) is 13.6 Å². The second-order valence-corrected chi connectivity index (χ2v) is 5.12. The molecule has 0 bridgehead atoms. The maximum Gasteiger partial charge on any atom is 0.254 e. The molecule has 0 spiro atoms. The first kappa shape index (κ1) is 14.9. The van der Waals surface area contributed by atoms with Crippen molar-refractivity contribution in [2.75, 3.05) is 0 Å². The van der Waals surface area contributed by atoms with Crippen LogP contribution in [0.2, 0.25) is 5.15 Å². The fourth-order valence-electron chi connectivity index (χ4n) is 1.53. The van der Waals surface area contributed by atoms with Gasteiger partial charge >= 0.3 is 0 Å². The Labute approximate surface area is 127 Å². The fraction of sp³-hybridized carbons (Fsp3) is 0.0769. The van der Waals surface area contributed by atoms with Crippen molar-refractivity contribution in [3.8, 4) is 0 Å². The molecule has 0 radical (unpaired) electrons. The Kier molecular flexibility index (Phi) is 4.67. The fourth-order valence-corrected chi connectivity index (χ4v) is 2.11. The summed E-state index contributed by atoms with van der Waals surface area (Å²) in [6.07, 6.45) is 0.919. The molecule has 1 aromatic carbocycles. The molecule has 0 saturated heterocycles. The summed E-state index contributed by atoms with van der Waals surface area (Å²) >= 11 is 8.97. The molecule has 0 aliphatic carbocycles. The van der Waals surface area contributed by atoms with Gasteiger partial charge in [-0.25, -0.2) is 13.8 Å². The molecule has 20 heavy (non-hydrogen) atoms. The van der Waals surface area contributed by atoms with Gasteiger partial charge in [-0.2, -0.15) is 0 Å². The molecule has 1 aromatic heterocycles. The molecule has 1 amide bonds. The molecule has 0 saturated carbocycles. The minimum Gasteiger partial charge on any atom is -0.348 e. The quantitative estimate of drug-likeness (QED) is 0.847. The van der Waals surface area contributed by atoms with Gasteiger partial charge in [0.1, 0.15) is 16.8 Å². The van der Waals surface area contributed by atoms with Crippen molar-refractivity contribution >= 4 is 33.4 Å². The summed E-state index contributed by atoms with van der Waals surface area (Å²) in [5, 5.41) is 2.43. The number of aromatic nitrogens is 1. The molecule has 2 rings (SSSR count). The molecule has 2 aromatic rings. The predicted molar refractivity (Wildman–Crippen MR) is 74.5 cm³/mol. The lowest BCUT2D eigenvalue weighted by Gasteiger charge is -2.08. The minimum atomic E-state index is -0.661. The molecule has 104 valence electrons. The number of hydrogen-bond acceptors (Lipinski definition) is 2. The summed E-state index contributed by atoms with van der Waals surface area (Å²) in [4.78, 5) is 15.4. The summed E-state index contributed by atoms with van der Waals surface area (Å²) in [6, 6.07) is 5.11. The lowest BCUT2D eigenvalue weighted by atomic mass is 10.2. The van der Waals surface area contributed by atoms with Crippen molar-refractivity contribution in [2.45, 2.75) is 6.54 Å². The van der Waals surface area contributed by atoms with E-state index in [2.05, 4.69) is 26.2 Å². The maximum absolute atomic E-state index is 13.1. The van der Waals surface area contributed by atoms with Gasteiger partial charge in [0, 0.05) is 11.0 Å². The van der Waals surface area contributed by atoms with Crippen molar-refractivity contribution in [3.63, 3.8) is 0 Å². The first-order valence-electron chi connectivity index (χ1n) is 5.50. The number of carbonyl (C=O) groups is 1.